The van der Waals surface area contributed by atoms with E-state index in [1.807, 2.05) is 0 Å². The van der Waals surface area contributed by atoms with Crippen molar-refractivity contribution >= 4 is 11.9 Å². The van der Waals surface area contributed by atoms with E-state index in [1.165, 1.54) is 0 Å². The fraction of sp³-hybridized carbons (Fsp3) is 1.00. The molecule has 0 amide bonds. The lowest BCUT2D eigenvalue weighted by molar-refractivity contribution is 0.502. The Bertz CT molecular complexity index is 54.5. The minimum Gasteiger partial charge on any atom is -0.261 e. The first-order valence-electron chi connectivity index (χ1n) is 2.97. The number of hydrogen-bond acceptors (Lipinski definition) is 2. The quantitative estimate of drug-likeness (QED) is 0.590. The first-order chi connectivity index (χ1) is 3.68. The first-order valence-corrected chi connectivity index (χ1v) is 4.19. The van der Waals surface area contributed by atoms with Crippen LogP contribution in [-0.4, -0.2) is 12.3 Å². The van der Waals surface area contributed by atoms with Crippen molar-refractivity contribution in [1.82, 2.24) is 4.72 Å². The van der Waals surface area contributed by atoms with E-state index in [-0.39, 0.29) is 0 Å². The van der Waals surface area contributed by atoms with Crippen LogP contribution in [-0.2, 0) is 0 Å². The Kier molecular flexibility index (Phi) is 4.38. The topological polar surface area (TPSA) is 12.0 Å². The van der Waals surface area contributed by atoms with Crippen LogP contribution in [0.5, 0.6) is 0 Å². The first kappa shape index (κ1) is 8.31. The highest BCUT2D eigenvalue weighted by Gasteiger charge is 2.02. The Balaban J connectivity index is 3.17. The van der Waals surface area contributed by atoms with Gasteiger partial charge in [0.1, 0.15) is 0 Å². The summed E-state index contributed by atoms with van der Waals surface area (Å²) in [5.74, 6) is 0.738. The predicted octanol–water partition coefficient (Wildman–Crippen LogP) is 1.90. The van der Waals surface area contributed by atoms with Crippen LogP contribution < -0.4 is 4.72 Å². The second kappa shape index (κ2) is 4.21. The molecule has 0 radical (unpaired) electrons. The van der Waals surface area contributed by atoms with Crippen LogP contribution in [0.2, 0.25) is 0 Å². The minimum atomic E-state index is 0.630. The molecule has 0 aromatic carbocycles. The number of rotatable bonds is 3. The summed E-state index contributed by atoms with van der Waals surface area (Å²) in [5.41, 5.74) is 0. The molecule has 0 aromatic rings. The van der Waals surface area contributed by atoms with Crippen LogP contribution in [0.15, 0.2) is 0 Å². The Labute approximate surface area is 56.4 Å². The molecule has 0 aliphatic heterocycles. The molecule has 0 saturated heterocycles. The van der Waals surface area contributed by atoms with Crippen molar-refractivity contribution in [2.45, 2.75) is 26.8 Å². The summed E-state index contributed by atoms with van der Waals surface area (Å²) in [5, 5.41) is 0. The summed E-state index contributed by atoms with van der Waals surface area (Å²) in [6.07, 6.45) is 2.05. The fourth-order valence-corrected chi connectivity index (χ4v) is 0.966. The van der Waals surface area contributed by atoms with Crippen molar-refractivity contribution < 1.29 is 0 Å². The lowest BCUT2D eigenvalue weighted by Crippen LogP contribution is -2.24. The van der Waals surface area contributed by atoms with E-state index in [9.17, 15) is 0 Å². The molecule has 0 aliphatic carbocycles. The van der Waals surface area contributed by atoms with Gasteiger partial charge in [0, 0.05) is 6.04 Å². The summed E-state index contributed by atoms with van der Waals surface area (Å²) in [6, 6.07) is 0.630. The normalized spacial score (nSPS) is 14.6. The zero-order valence-electron chi connectivity index (χ0n) is 6.06. The molecule has 1 N–H and O–H groups in total. The average Bonchev–Trinajstić information content (AvgIpc) is 1.67. The highest BCUT2D eigenvalue weighted by atomic mass is 32.2. The molecule has 1 nitrogen and oxygen atoms in total. The molecule has 0 fully saturated rings. The summed E-state index contributed by atoms with van der Waals surface area (Å²) in [6.45, 7) is 6.63. The van der Waals surface area contributed by atoms with E-state index in [1.54, 1.807) is 11.9 Å². The third-order valence-electron chi connectivity index (χ3n) is 1.30. The Morgan fingerprint density at radius 2 is 1.75 bits per heavy atom. The Morgan fingerprint density at radius 3 is 1.88 bits per heavy atom. The zero-order valence-corrected chi connectivity index (χ0v) is 6.88. The molecule has 0 rings (SSSR count). The van der Waals surface area contributed by atoms with Gasteiger partial charge in [0.15, 0.2) is 0 Å². The van der Waals surface area contributed by atoms with Crippen LogP contribution >= 0.6 is 11.9 Å². The second-order valence-corrected chi connectivity index (χ2v) is 3.00. The summed E-state index contributed by atoms with van der Waals surface area (Å²) in [4.78, 5) is 0. The van der Waals surface area contributed by atoms with Crippen molar-refractivity contribution in [1.29, 1.82) is 0 Å². The van der Waals surface area contributed by atoms with Crippen LogP contribution in [0.25, 0.3) is 0 Å². The molecule has 0 heterocycles. The van der Waals surface area contributed by atoms with Crippen molar-refractivity contribution in [2.75, 3.05) is 6.26 Å². The molecular formula is C6H15NS. The van der Waals surface area contributed by atoms with Gasteiger partial charge in [-0.1, -0.05) is 25.8 Å². The van der Waals surface area contributed by atoms with E-state index in [0.29, 0.717) is 6.04 Å². The number of hydrogen-bond donors (Lipinski definition) is 1. The van der Waals surface area contributed by atoms with Crippen LogP contribution in [0.1, 0.15) is 20.8 Å². The van der Waals surface area contributed by atoms with E-state index in [2.05, 4.69) is 31.7 Å². The monoisotopic (exact) mass is 133 g/mol. The van der Waals surface area contributed by atoms with Gasteiger partial charge >= 0.3 is 0 Å². The Hall–Kier alpha value is 0.310. The third-order valence-corrected chi connectivity index (χ3v) is 1.91. The van der Waals surface area contributed by atoms with Crippen LogP contribution in [0, 0.1) is 5.92 Å². The van der Waals surface area contributed by atoms with Crippen LogP contribution in [0.4, 0.5) is 0 Å². The van der Waals surface area contributed by atoms with E-state index in [4.69, 9.17) is 0 Å². The predicted molar refractivity (Wildman–Crippen MR) is 41.0 cm³/mol. The van der Waals surface area contributed by atoms with E-state index >= 15 is 0 Å². The van der Waals surface area contributed by atoms with Crippen molar-refractivity contribution in [2.24, 2.45) is 5.92 Å². The number of nitrogens with one attached hydrogen (secondary N) is 1. The molecule has 1 atom stereocenters. The molecule has 0 spiro atoms. The van der Waals surface area contributed by atoms with Crippen molar-refractivity contribution in [3.63, 3.8) is 0 Å². The van der Waals surface area contributed by atoms with Gasteiger partial charge < -0.3 is 0 Å². The van der Waals surface area contributed by atoms with Gasteiger partial charge in [-0.2, -0.15) is 0 Å². The van der Waals surface area contributed by atoms with Gasteiger partial charge in [-0.3, -0.25) is 4.72 Å². The maximum atomic E-state index is 3.26. The zero-order chi connectivity index (χ0) is 6.57. The maximum absolute atomic E-state index is 3.26. The van der Waals surface area contributed by atoms with E-state index < -0.39 is 0 Å². The molecule has 8 heavy (non-hydrogen) atoms. The minimum absolute atomic E-state index is 0.630. The molecule has 0 saturated carbocycles. The summed E-state index contributed by atoms with van der Waals surface area (Å²) in [7, 11) is 0. The largest absolute Gasteiger partial charge is 0.261 e. The summed E-state index contributed by atoms with van der Waals surface area (Å²) < 4.78 is 3.26. The standard InChI is InChI=1S/C6H15NS/c1-5(2)6(3)7-8-4/h5-7H,1-4H3. The lowest BCUT2D eigenvalue weighted by Gasteiger charge is -2.14. The maximum Gasteiger partial charge on any atom is 0.0166 e. The highest BCUT2D eigenvalue weighted by molar-refractivity contribution is 7.96. The average molecular weight is 133 g/mol. The lowest BCUT2D eigenvalue weighted by atomic mass is 10.1. The van der Waals surface area contributed by atoms with Gasteiger partial charge in [-0.25, -0.2) is 0 Å². The SMILES string of the molecule is CSNC(C)C(C)C. The molecule has 0 aromatic heterocycles. The Morgan fingerprint density at radius 1 is 1.25 bits per heavy atom. The smallest absolute Gasteiger partial charge is 0.0166 e. The van der Waals surface area contributed by atoms with Gasteiger partial charge in [0.25, 0.3) is 0 Å². The van der Waals surface area contributed by atoms with Gasteiger partial charge in [0.05, 0.1) is 0 Å². The molecule has 1 unspecified atom stereocenters. The van der Waals surface area contributed by atoms with Crippen molar-refractivity contribution in [3.8, 4) is 0 Å². The molecule has 50 valence electrons. The molecule has 0 aliphatic rings. The van der Waals surface area contributed by atoms with Gasteiger partial charge in [-0.05, 0) is 19.1 Å². The summed E-state index contributed by atoms with van der Waals surface area (Å²) >= 11 is 1.69. The molecule has 0 bridgehead atoms. The third kappa shape index (κ3) is 3.33. The molecule has 2 heteroatoms. The highest BCUT2D eigenvalue weighted by Crippen LogP contribution is 2.02. The van der Waals surface area contributed by atoms with Gasteiger partial charge in [-0.15, -0.1) is 0 Å². The van der Waals surface area contributed by atoms with E-state index in [0.717, 1.165) is 5.92 Å². The fourth-order valence-electron chi connectivity index (χ4n) is 0.322. The van der Waals surface area contributed by atoms with Crippen molar-refractivity contribution in [3.05, 3.63) is 0 Å². The van der Waals surface area contributed by atoms with Crippen LogP contribution in [0.3, 0.4) is 0 Å². The second-order valence-electron chi connectivity index (χ2n) is 2.35. The van der Waals surface area contributed by atoms with Gasteiger partial charge in [0.2, 0.25) is 0 Å². The molecular weight excluding hydrogens is 118 g/mol.